The smallest absolute Gasteiger partial charge is 0.248 e. The lowest BCUT2D eigenvalue weighted by Gasteiger charge is -2.19. The molecule has 0 atom stereocenters. The molecule has 0 bridgehead atoms. The van der Waals surface area contributed by atoms with Gasteiger partial charge in [-0.3, -0.25) is 4.79 Å². The highest BCUT2D eigenvalue weighted by atomic mass is 19.1. The molecule has 130 valence electrons. The van der Waals surface area contributed by atoms with Gasteiger partial charge in [0.2, 0.25) is 5.91 Å². The summed E-state index contributed by atoms with van der Waals surface area (Å²) in [6.45, 7) is 2.30. The molecule has 0 saturated heterocycles. The highest BCUT2D eigenvalue weighted by Gasteiger charge is 2.15. The van der Waals surface area contributed by atoms with Gasteiger partial charge in [-0.2, -0.15) is 0 Å². The van der Waals surface area contributed by atoms with Crippen molar-refractivity contribution >= 4 is 17.7 Å². The van der Waals surface area contributed by atoms with Crippen LogP contribution in [0.4, 0.5) is 10.1 Å². The SMILES string of the molecule is COc1ccc(C)cc1NC(=O)C=Cc1cc(F)cc2c1OCOC2. The molecule has 0 aromatic heterocycles. The van der Waals surface area contributed by atoms with Gasteiger partial charge in [0.1, 0.15) is 17.3 Å². The van der Waals surface area contributed by atoms with Crippen LogP contribution in [-0.4, -0.2) is 19.8 Å². The zero-order chi connectivity index (χ0) is 17.8. The number of benzene rings is 2. The summed E-state index contributed by atoms with van der Waals surface area (Å²) in [6.07, 6.45) is 2.85. The number of methoxy groups -OCH3 is 1. The van der Waals surface area contributed by atoms with Crippen molar-refractivity contribution in [3.05, 3.63) is 58.9 Å². The summed E-state index contributed by atoms with van der Waals surface area (Å²) in [6, 6.07) is 8.17. The summed E-state index contributed by atoms with van der Waals surface area (Å²) in [4.78, 5) is 12.2. The summed E-state index contributed by atoms with van der Waals surface area (Å²) in [5.41, 5.74) is 2.67. The molecule has 25 heavy (non-hydrogen) atoms. The van der Waals surface area contributed by atoms with Crippen LogP contribution < -0.4 is 14.8 Å². The van der Waals surface area contributed by atoms with E-state index in [1.807, 2.05) is 19.1 Å². The van der Waals surface area contributed by atoms with Crippen LogP contribution in [0.2, 0.25) is 0 Å². The Morgan fingerprint density at radius 1 is 1.32 bits per heavy atom. The van der Waals surface area contributed by atoms with Crippen LogP contribution in [0.25, 0.3) is 6.08 Å². The highest BCUT2D eigenvalue weighted by Crippen LogP contribution is 2.30. The lowest BCUT2D eigenvalue weighted by Crippen LogP contribution is -2.13. The Labute approximate surface area is 145 Å². The molecule has 2 aromatic rings. The number of aryl methyl sites for hydroxylation is 1. The molecule has 1 heterocycles. The number of hydrogen-bond donors (Lipinski definition) is 1. The third-order valence-electron chi connectivity index (χ3n) is 3.73. The fraction of sp³-hybridized carbons (Fsp3) is 0.211. The number of anilines is 1. The fourth-order valence-corrected chi connectivity index (χ4v) is 2.59. The molecule has 0 spiro atoms. The van der Waals surface area contributed by atoms with E-state index >= 15 is 0 Å². The largest absolute Gasteiger partial charge is 0.495 e. The number of halogens is 1. The average Bonchev–Trinajstić information content (AvgIpc) is 2.59. The first-order chi connectivity index (χ1) is 12.1. The predicted molar refractivity (Wildman–Crippen MR) is 92.1 cm³/mol. The Bertz CT molecular complexity index is 832. The molecule has 1 aliphatic heterocycles. The molecule has 0 saturated carbocycles. The minimum absolute atomic E-state index is 0.103. The summed E-state index contributed by atoms with van der Waals surface area (Å²) in [5.74, 6) is 0.336. The van der Waals surface area contributed by atoms with Gasteiger partial charge < -0.3 is 19.5 Å². The first-order valence-electron chi connectivity index (χ1n) is 7.73. The summed E-state index contributed by atoms with van der Waals surface area (Å²) >= 11 is 0. The van der Waals surface area contributed by atoms with Crippen LogP contribution >= 0.6 is 0 Å². The summed E-state index contributed by atoms with van der Waals surface area (Å²) in [7, 11) is 1.54. The van der Waals surface area contributed by atoms with E-state index in [1.165, 1.54) is 31.4 Å². The number of hydrogen-bond acceptors (Lipinski definition) is 4. The molecular formula is C19H18FNO4. The zero-order valence-corrected chi connectivity index (χ0v) is 14.0. The maximum atomic E-state index is 13.7. The van der Waals surface area contributed by atoms with E-state index in [4.69, 9.17) is 14.2 Å². The lowest BCUT2D eigenvalue weighted by molar-refractivity contribution is -0.111. The van der Waals surface area contributed by atoms with Crippen molar-refractivity contribution in [2.24, 2.45) is 0 Å². The summed E-state index contributed by atoms with van der Waals surface area (Å²) < 4.78 is 29.5. The van der Waals surface area contributed by atoms with Gasteiger partial charge in [-0.05, 0) is 42.8 Å². The van der Waals surface area contributed by atoms with Gasteiger partial charge in [0, 0.05) is 17.2 Å². The number of rotatable bonds is 4. The molecule has 0 unspecified atom stereocenters. The fourth-order valence-electron chi connectivity index (χ4n) is 2.59. The second-order valence-electron chi connectivity index (χ2n) is 5.62. The third-order valence-corrected chi connectivity index (χ3v) is 3.73. The number of fused-ring (bicyclic) bond motifs is 1. The van der Waals surface area contributed by atoms with Crippen molar-refractivity contribution in [3.63, 3.8) is 0 Å². The van der Waals surface area contributed by atoms with Gasteiger partial charge >= 0.3 is 0 Å². The van der Waals surface area contributed by atoms with Crippen LogP contribution in [0, 0.1) is 12.7 Å². The molecule has 3 rings (SSSR count). The molecule has 0 radical (unpaired) electrons. The molecule has 0 fully saturated rings. The Hall–Kier alpha value is -2.86. The third kappa shape index (κ3) is 3.97. The molecule has 1 N–H and O–H groups in total. The van der Waals surface area contributed by atoms with Crippen LogP contribution in [0.15, 0.2) is 36.4 Å². The Morgan fingerprint density at radius 2 is 2.16 bits per heavy atom. The standard InChI is InChI=1S/C19H18FNO4/c1-12-3-5-17(23-2)16(7-12)21-18(22)6-4-13-8-15(20)9-14-10-24-11-25-19(13)14/h3-9H,10-11H2,1-2H3,(H,21,22). The van der Waals surface area contributed by atoms with Crippen molar-refractivity contribution in [1.29, 1.82) is 0 Å². The Morgan fingerprint density at radius 3 is 2.96 bits per heavy atom. The normalized spacial score (nSPS) is 13.2. The van der Waals surface area contributed by atoms with Crippen LogP contribution in [0.5, 0.6) is 11.5 Å². The molecule has 1 amide bonds. The van der Waals surface area contributed by atoms with E-state index in [-0.39, 0.29) is 19.3 Å². The van der Waals surface area contributed by atoms with Crippen molar-refractivity contribution in [2.45, 2.75) is 13.5 Å². The average molecular weight is 343 g/mol. The number of amides is 1. The maximum absolute atomic E-state index is 13.7. The Kier molecular flexibility index (Phi) is 5.00. The number of nitrogens with one attached hydrogen (secondary N) is 1. The number of carbonyl (C=O) groups is 1. The predicted octanol–water partition coefficient (Wildman–Crippen LogP) is 3.66. The van der Waals surface area contributed by atoms with Gasteiger partial charge in [0.15, 0.2) is 6.79 Å². The topological polar surface area (TPSA) is 56.8 Å². The second kappa shape index (κ2) is 7.36. The lowest BCUT2D eigenvalue weighted by atomic mass is 10.1. The van der Waals surface area contributed by atoms with E-state index in [0.717, 1.165) is 5.56 Å². The number of ether oxygens (including phenoxy) is 3. The van der Waals surface area contributed by atoms with Crippen LogP contribution in [-0.2, 0) is 16.1 Å². The van der Waals surface area contributed by atoms with Gasteiger partial charge in [-0.1, -0.05) is 6.07 Å². The van der Waals surface area contributed by atoms with Crippen molar-refractivity contribution in [2.75, 3.05) is 19.2 Å². The van der Waals surface area contributed by atoms with E-state index in [9.17, 15) is 9.18 Å². The van der Waals surface area contributed by atoms with E-state index in [1.54, 1.807) is 6.07 Å². The van der Waals surface area contributed by atoms with Crippen LogP contribution in [0.3, 0.4) is 0 Å². The summed E-state index contributed by atoms with van der Waals surface area (Å²) in [5, 5.41) is 2.76. The van der Waals surface area contributed by atoms with Gasteiger partial charge in [-0.15, -0.1) is 0 Å². The second-order valence-corrected chi connectivity index (χ2v) is 5.62. The van der Waals surface area contributed by atoms with E-state index in [0.29, 0.717) is 28.3 Å². The first kappa shape index (κ1) is 17.0. The van der Waals surface area contributed by atoms with E-state index < -0.39 is 5.82 Å². The van der Waals surface area contributed by atoms with Crippen molar-refractivity contribution in [3.8, 4) is 11.5 Å². The van der Waals surface area contributed by atoms with Gasteiger partial charge in [0.25, 0.3) is 0 Å². The van der Waals surface area contributed by atoms with Crippen molar-refractivity contribution < 1.29 is 23.4 Å². The first-order valence-corrected chi connectivity index (χ1v) is 7.73. The maximum Gasteiger partial charge on any atom is 0.248 e. The van der Waals surface area contributed by atoms with Gasteiger partial charge in [0.05, 0.1) is 19.4 Å². The minimum Gasteiger partial charge on any atom is -0.495 e. The highest BCUT2D eigenvalue weighted by molar-refractivity contribution is 6.03. The zero-order valence-electron chi connectivity index (χ0n) is 14.0. The monoisotopic (exact) mass is 343 g/mol. The molecular weight excluding hydrogens is 325 g/mol. The van der Waals surface area contributed by atoms with Gasteiger partial charge in [-0.25, -0.2) is 4.39 Å². The molecule has 6 heteroatoms. The van der Waals surface area contributed by atoms with Crippen LogP contribution in [0.1, 0.15) is 16.7 Å². The minimum atomic E-state index is -0.409. The molecule has 0 aliphatic carbocycles. The Balaban J connectivity index is 1.80. The van der Waals surface area contributed by atoms with E-state index in [2.05, 4.69) is 5.32 Å². The van der Waals surface area contributed by atoms with Crippen molar-refractivity contribution in [1.82, 2.24) is 0 Å². The molecule has 2 aromatic carbocycles. The molecule has 1 aliphatic rings. The number of carbonyl (C=O) groups excluding carboxylic acids is 1. The quantitative estimate of drug-likeness (QED) is 0.861. The molecule has 5 nitrogen and oxygen atoms in total.